The maximum atomic E-state index is 12.3. The SMILES string of the molecule is Nc1sc2cc(C(F)(F)F)ccc2c1O. The van der Waals surface area contributed by atoms with E-state index in [-0.39, 0.29) is 10.8 Å². The molecule has 15 heavy (non-hydrogen) atoms. The molecule has 0 unspecified atom stereocenters. The summed E-state index contributed by atoms with van der Waals surface area (Å²) >= 11 is 0.937. The van der Waals surface area contributed by atoms with E-state index in [2.05, 4.69) is 0 Å². The smallest absolute Gasteiger partial charge is 0.416 e. The third-order valence-electron chi connectivity index (χ3n) is 2.02. The Hall–Kier alpha value is -1.43. The number of nitrogens with two attached hydrogens (primary N) is 1. The first kappa shape index (κ1) is 10.1. The fraction of sp³-hybridized carbons (Fsp3) is 0.111. The Morgan fingerprint density at radius 3 is 2.53 bits per heavy atom. The monoisotopic (exact) mass is 233 g/mol. The molecular weight excluding hydrogens is 227 g/mol. The Balaban J connectivity index is 2.67. The second kappa shape index (κ2) is 3.03. The molecule has 1 heterocycles. The first-order valence-electron chi connectivity index (χ1n) is 3.98. The topological polar surface area (TPSA) is 46.2 Å². The predicted molar refractivity (Wildman–Crippen MR) is 52.9 cm³/mol. The highest BCUT2D eigenvalue weighted by atomic mass is 32.1. The number of nitrogen functional groups attached to an aromatic ring is 1. The van der Waals surface area contributed by atoms with Crippen LogP contribution in [0.25, 0.3) is 10.1 Å². The van der Waals surface area contributed by atoms with E-state index >= 15 is 0 Å². The van der Waals surface area contributed by atoms with Gasteiger partial charge in [0.05, 0.1) is 5.56 Å². The number of anilines is 1. The maximum absolute atomic E-state index is 12.3. The molecule has 0 bridgehead atoms. The Morgan fingerprint density at radius 2 is 1.93 bits per heavy atom. The summed E-state index contributed by atoms with van der Waals surface area (Å²) in [5.74, 6) is -0.149. The summed E-state index contributed by atoms with van der Waals surface area (Å²) < 4.78 is 37.3. The third kappa shape index (κ3) is 1.61. The first-order chi connectivity index (χ1) is 6.89. The molecule has 2 nitrogen and oxygen atoms in total. The summed E-state index contributed by atoms with van der Waals surface area (Å²) in [5.41, 5.74) is 4.66. The normalized spacial score (nSPS) is 12.2. The second-order valence-electron chi connectivity index (χ2n) is 3.02. The van der Waals surface area contributed by atoms with Gasteiger partial charge in [0.25, 0.3) is 0 Å². The van der Waals surface area contributed by atoms with Crippen LogP contribution in [0.3, 0.4) is 0 Å². The number of rotatable bonds is 0. The van der Waals surface area contributed by atoms with Crippen LogP contribution in [-0.2, 0) is 6.18 Å². The molecule has 80 valence electrons. The van der Waals surface area contributed by atoms with Crippen LogP contribution in [0.5, 0.6) is 5.75 Å². The molecule has 0 radical (unpaired) electrons. The van der Waals surface area contributed by atoms with Crippen molar-refractivity contribution in [2.45, 2.75) is 6.18 Å². The van der Waals surface area contributed by atoms with Gasteiger partial charge >= 0.3 is 6.18 Å². The highest BCUT2D eigenvalue weighted by Gasteiger charge is 2.30. The van der Waals surface area contributed by atoms with Crippen molar-refractivity contribution < 1.29 is 18.3 Å². The Labute approximate surface area is 86.7 Å². The van der Waals surface area contributed by atoms with E-state index in [0.29, 0.717) is 10.1 Å². The first-order valence-corrected chi connectivity index (χ1v) is 4.79. The largest absolute Gasteiger partial charge is 0.504 e. The van der Waals surface area contributed by atoms with Crippen LogP contribution in [-0.4, -0.2) is 5.11 Å². The highest BCUT2D eigenvalue weighted by molar-refractivity contribution is 7.23. The van der Waals surface area contributed by atoms with Gasteiger partial charge in [-0.1, -0.05) is 0 Å². The van der Waals surface area contributed by atoms with Crippen molar-refractivity contribution in [1.29, 1.82) is 0 Å². The molecule has 1 aromatic carbocycles. The fourth-order valence-electron chi connectivity index (χ4n) is 1.28. The summed E-state index contributed by atoms with van der Waals surface area (Å²) in [6, 6.07) is 3.13. The summed E-state index contributed by atoms with van der Waals surface area (Å²) in [7, 11) is 0. The van der Waals surface area contributed by atoms with Crippen LogP contribution in [0.1, 0.15) is 5.56 Å². The molecule has 1 aromatic heterocycles. The van der Waals surface area contributed by atoms with E-state index in [1.165, 1.54) is 6.07 Å². The zero-order chi connectivity index (χ0) is 11.2. The van der Waals surface area contributed by atoms with Crippen molar-refractivity contribution in [2.24, 2.45) is 0 Å². The highest BCUT2D eigenvalue weighted by Crippen LogP contribution is 2.41. The zero-order valence-electron chi connectivity index (χ0n) is 7.30. The zero-order valence-corrected chi connectivity index (χ0v) is 8.12. The lowest BCUT2D eigenvalue weighted by Gasteiger charge is -2.05. The Bertz CT molecular complexity index is 518. The standard InChI is InChI=1S/C9H6F3NOS/c10-9(11,12)4-1-2-5-6(3-4)15-8(13)7(5)14/h1-3,14H,13H2. The van der Waals surface area contributed by atoms with Crippen molar-refractivity contribution in [3.8, 4) is 5.75 Å². The van der Waals surface area contributed by atoms with Gasteiger partial charge in [0.2, 0.25) is 0 Å². The predicted octanol–water partition coefficient (Wildman–Crippen LogP) is 3.21. The minimum atomic E-state index is -4.37. The van der Waals surface area contributed by atoms with Crippen LogP contribution in [0.2, 0.25) is 0 Å². The number of hydrogen-bond acceptors (Lipinski definition) is 3. The van der Waals surface area contributed by atoms with E-state index < -0.39 is 11.7 Å². The molecule has 2 aromatic rings. The van der Waals surface area contributed by atoms with Gasteiger partial charge in [-0.25, -0.2) is 0 Å². The molecule has 0 aliphatic rings. The lowest BCUT2D eigenvalue weighted by Crippen LogP contribution is -2.03. The van der Waals surface area contributed by atoms with Gasteiger partial charge in [-0.2, -0.15) is 13.2 Å². The van der Waals surface area contributed by atoms with Gasteiger partial charge in [-0.05, 0) is 18.2 Å². The number of thiophene rings is 1. The van der Waals surface area contributed by atoms with Gasteiger partial charge in [0, 0.05) is 10.1 Å². The number of alkyl halides is 3. The van der Waals surface area contributed by atoms with E-state index in [9.17, 15) is 18.3 Å². The molecule has 0 fully saturated rings. The number of fused-ring (bicyclic) bond motifs is 1. The molecule has 0 atom stereocenters. The van der Waals surface area contributed by atoms with Crippen molar-refractivity contribution in [2.75, 3.05) is 5.73 Å². The molecule has 0 amide bonds. The van der Waals surface area contributed by atoms with Gasteiger partial charge in [-0.15, -0.1) is 11.3 Å². The van der Waals surface area contributed by atoms with Crippen LogP contribution >= 0.6 is 11.3 Å². The minimum absolute atomic E-state index is 0.129. The maximum Gasteiger partial charge on any atom is 0.416 e. The van der Waals surface area contributed by atoms with Crippen molar-refractivity contribution in [3.63, 3.8) is 0 Å². The second-order valence-corrected chi connectivity index (χ2v) is 4.11. The third-order valence-corrected chi connectivity index (χ3v) is 2.99. The number of benzene rings is 1. The van der Waals surface area contributed by atoms with Gasteiger partial charge in [0.15, 0.2) is 5.75 Å². The van der Waals surface area contributed by atoms with Gasteiger partial charge in [-0.3, -0.25) is 0 Å². The van der Waals surface area contributed by atoms with Crippen molar-refractivity contribution in [1.82, 2.24) is 0 Å². The quantitative estimate of drug-likeness (QED) is 0.733. The van der Waals surface area contributed by atoms with Crippen LogP contribution < -0.4 is 5.73 Å². The van der Waals surface area contributed by atoms with Crippen molar-refractivity contribution >= 4 is 26.4 Å². The molecule has 0 spiro atoms. The molecule has 0 aliphatic heterocycles. The van der Waals surface area contributed by atoms with Crippen LogP contribution in [0.4, 0.5) is 18.2 Å². The number of aromatic hydroxyl groups is 1. The van der Waals surface area contributed by atoms with Crippen molar-refractivity contribution in [3.05, 3.63) is 23.8 Å². The molecule has 0 aliphatic carbocycles. The molecule has 0 saturated heterocycles. The lowest BCUT2D eigenvalue weighted by atomic mass is 10.1. The van der Waals surface area contributed by atoms with E-state index in [1.807, 2.05) is 0 Å². The van der Waals surface area contributed by atoms with Gasteiger partial charge in [0.1, 0.15) is 5.00 Å². The summed E-state index contributed by atoms with van der Waals surface area (Å²) in [6.45, 7) is 0. The summed E-state index contributed by atoms with van der Waals surface area (Å²) in [4.78, 5) is 0. The van der Waals surface area contributed by atoms with Crippen LogP contribution in [0.15, 0.2) is 18.2 Å². The Morgan fingerprint density at radius 1 is 1.27 bits per heavy atom. The van der Waals surface area contributed by atoms with E-state index in [0.717, 1.165) is 23.5 Å². The average molecular weight is 233 g/mol. The number of hydrogen-bond donors (Lipinski definition) is 2. The fourth-order valence-corrected chi connectivity index (χ4v) is 2.18. The molecule has 0 saturated carbocycles. The Kier molecular flexibility index (Phi) is 2.04. The molecule has 6 heteroatoms. The van der Waals surface area contributed by atoms with Gasteiger partial charge < -0.3 is 10.8 Å². The molecule has 3 N–H and O–H groups in total. The van der Waals surface area contributed by atoms with E-state index in [1.54, 1.807) is 0 Å². The molecule has 2 rings (SSSR count). The lowest BCUT2D eigenvalue weighted by molar-refractivity contribution is -0.137. The molecular formula is C9H6F3NOS. The summed E-state index contributed by atoms with van der Waals surface area (Å²) in [5, 5.41) is 9.88. The number of halogens is 3. The summed E-state index contributed by atoms with van der Waals surface area (Å²) in [6.07, 6.45) is -4.37. The minimum Gasteiger partial charge on any atom is -0.504 e. The van der Waals surface area contributed by atoms with E-state index in [4.69, 9.17) is 5.73 Å². The van der Waals surface area contributed by atoms with Crippen LogP contribution in [0, 0.1) is 0 Å². The average Bonchev–Trinajstić information content (AvgIpc) is 2.41.